The summed E-state index contributed by atoms with van der Waals surface area (Å²) >= 11 is 1.42. The standard InChI is InChI=1S/C20H17N3O3S/c1-26-11-10-23-12-15(13-6-2-3-7-14(13)19(23)25)18(24)22-20-21-16-8-4-5-9-17(16)27-20/h2-9,12H,10-11H2,1H3,(H,21,22,24). The Labute approximate surface area is 159 Å². The number of ether oxygens (including phenoxy) is 1. The van der Waals surface area contributed by atoms with E-state index in [1.165, 1.54) is 15.9 Å². The third kappa shape index (κ3) is 3.34. The Bertz CT molecular complexity index is 1160. The van der Waals surface area contributed by atoms with Crippen LogP contribution in [0.4, 0.5) is 5.13 Å². The van der Waals surface area contributed by atoms with Crippen LogP contribution < -0.4 is 10.9 Å². The number of pyridine rings is 1. The lowest BCUT2D eigenvalue weighted by Crippen LogP contribution is -2.25. The van der Waals surface area contributed by atoms with Gasteiger partial charge in [-0.15, -0.1) is 0 Å². The van der Waals surface area contributed by atoms with Gasteiger partial charge >= 0.3 is 0 Å². The Hall–Kier alpha value is -3.03. The molecule has 2 aromatic heterocycles. The lowest BCUT2D eigenvalue weighted by Gasteiger charge is -2.11. The van der Waals surface area contributed by atoms with Crippen LogP contribution in [0.5, 0.6) is 0 Å². The number of thiazole rings is 1. The van der Waals surface area contributed by atoms with Crippen LogP contribution in [0.3, 0.4) is 0 Å². The van der Waals surface area contributed by atoms with E-state index in [1.54, 1.807) is 31.5 Å². The Balaban J connectivity index is 1.75. The zero-order chi connectivity index (χ0) is 18.8. The van der Waals surface area contributed by atoms with Gasteiger partial charge in [-0.3, -0.25) is 14.9 Å². The number of fused-ring (bicyclic) bond motifs is 2. The van der Waals surface area contributed by atoms with E-state index in [2.05, 4.69) is 10.3 Å². The highest BCUT2D eigenvalue weighted by Gasteiger charge is 2.16. The predicted octanol–water partition coefficient (Wildman–Crippen LogP) is 3.51. The van der Waals surface area contributed by atoms with Crippen molar-refractivity contribution >= 4 is 43.4 Å². The van der Waals surface area contributed by atoms with Crippen LogP contribution in [0.25, 0.3) is 21.0 Å². The van der Waals surface area contributed by atoms with Crippen LogP contribution in [0, 0.1) is 0 Å². The summed E-state index contributed by atoms with van der Waals surface area (Å²) in [5, 5.41) is 4.52. The van der Waals surface area contributed by atoms with Gasteiger partial charge in [0.05, 0.1) is 22.4 Å². The molecule has 1 amide bonds. The van der Waals surface area contributed by atoms with Crippen molar-refractivity contribution in [1.29, 1.82) is 0 Å². The van der Waals surface area contributed by atoms with Crippen molar-refractivity contribution in [2.45, 2.75) is 6.54 Å². The van der Waals surface area contributed by atoms with E-state index in [4.69, 9.17) is 4.74 Å². The number of benzene rings is 2. The molecule has 0 atom stereocenters. The van der Waals surface area contributed by atoms with Crippen molar-refractivity contribution in [2.24, 2.45) is 0 Å². The van der Waals surface area contributed by atoms with E-state index in [-0.39, 0.29) is 11.5 Å². The Morgan fingerprint density at radius 3 is 2.67 bits per heavy atom. The van der Waals surface area contributed by atoms with Gasteiger partial charge in [0.15, 0.2) is 5.13 Å². The lowest BCUT2D eigenvalue weighted by atomic mass is 10.1. The molecular weight excluding hydrogens is 362 g/mol. The number of hydrogen-bond donors (Lipinski definition) is 1. The maximum Gasteiger partial charge on any atom is 0.259 e. The number of anilines is 1. The molecule has 2 aromatic carbocycles. The molecule has 7 heteroatoms. The van der Waals surface area contributed by atoms with E-state index in [9.17, 15) is 9.59 Å². The second-order valence-electron chi connectivity index (χ2n) is 6.02. The van der Waals surface area contributed by atoms with Crippen molar-refractivity contribution in [3.05, 3.63) is 70.6 Å². The molecule has 0 spiro atoms. The summed E-state index contributed by atoms with van der Waals surface area (Å²) in [4.78, 5) is 30.0. The molecule has 0 aliphatic heterocycles. The summed E-state index contributed by atoms with van der Waals surface area (Å²) in [5.74, 6) is -0.295. The van der Waals surface area contributed by atoms with Crippen molar-refractivity contribution in [3.63, 3.8) is 0 Å². The van der Waals surface area contributed by atoms with Crippen molar-refractivity contribution < 1.29 is 9.53 Å². The molecular formula is C20H17N3O3S. The number of rotatable bonds is 5. The minimum absolute atomic E-state index is 0.140. The molecule has 0 radical (unpaired) electrons. The zero-order valence-electron chi connectivity index (χ0n) is 14.6. The van der Waals surface area contributed by atoms with Gasteiger partial charge in [0, 0.05) is 30.6 Å². The van der Waals surface area contributed by atoms with Crippen molar-refractivity contribution in [3.8, 4) is 0 Å². The van der Waals surface area contributed by atoms with E-state index in [0.717, 1.165) is 10.2 Å². The molecule has 0 unspecified atom stereocenters. The molecule has 0 fully saturated rings. The third-order valence-electron chi connectivity index (χ3n) is 4.29. The molecule has 0 aliphatic carbocycles. The highest BCUT2D eigenvalue weighted by Crippen LogP contribution is 2.26. The van der Waals surface area contributed by atoms with Gasteiger partial charge in [0.25, 0.3) is 11.5 Å². The van der Waals surface area contributed by atoms with Crippen molar-refractivity contribution in [1.82, 2.24) is 9.55 Å². The summed E-state index contributed by atoms with van der Waals surface area (Å²) in [7, 11) is 1.58. The quantitative estimate of drug-likeness (QED) is 0.576. The second kappa shape index (κ2) is 7.30. The highest BCUT2D eigenvalue weighted by molar-refractivity contribution is 7.22. The zero-order valence-corrected chi connectivity index (χ0v) is 15.5. The molecule has 6 nitrogen and oxygen atoms in total. The smallest absolute Gasteiger partial charge is 0.259 e. The van der Waals surface area contributed by atoms with Crippen LogP contribution in [0.1, 0.15) is 10.4 Å². The Kier molecular flexibility index (Phi) is 4.70. The van der Waals surface area contributed by atoms with Gasteiger partial charge in [-0.1, -0.05) is 41.7 Å². The fraction of sp³-hybridized carbons (Fsp3) is 0.150. The summed E-state index contributed by atoms with van der Waals surface area (Å²) < 4.78 is 7.59. The van der Waals surface area contributed by atoms with Crippen molar-refractivity contribution in [2.75, 3.05) is 19.0 Å². The first-order chi connectivity index (χ1) is 13.2. The molecule has 0 saturated heterocycles. The number of carbonyl (C=O) groups excluding carboxylic acids is 1. The van der Waals surface area contributed by atoms with Crippen LogP contribution in [0.15, 0.2) is 59.5 Å². The van der Waals surface area contributed by atoms with Gasteiger partial charge in [-0.2, -0.15) is 0 Å². The monoisotopic (exact) mass is 379 g/mol. The normalized spacial score (nSPS) is 11.1. The van der Waals surface area contributed by atoms with Crippen LogP contribution >= 0.6 is 11.3 Å². The van der Waals surface area contributed by atoms with Crippen LogP contribution in [-0.2, 0) is 11.3 Å². The number of methoxy groups -OCH3 is 1. The molecule has 4 aromatic rings. The first-order valence-corrected chi connectivity index (χ1v) is 9.27. The number of nitrogens with one attached hydrogen (secondary N) is 1. The number of para-hydroxylation sites is 1. The highest BCUT2D eigenvalue weighted by atomic mass is 32.1. The topological polar surface area (TPSA) is 73.2 Å². The van der Waals surface area contributed by atoms with E-state index < -0.39 is 0 Å². The number of carbonyl (C=O) groups is 1. The molecule has 1 N–H and O–H groups in total. The molecule has 4 rings (SSSR count). The SMILES string of the molecule is COCCn1cc(C(=O)Nc2nc3ccccc3s2)c2ccccc2c1=O. The molecule has 0 saturated carbocycles. The van der Waals surface area contributed by atoms with Crippen LogP contribution in [0.2, 0.25) is 0 Å². The van der Waals surface area contributed by atoms with Gasteiger partial charge in [-0.05, 0) is 18.2 Å². The predicted molar refractivity (Wildman–Crippen MR) is 108 cm³/mol. The Morgan fingerprint density at radius 2 is 1.89 bits per heavy atom. The number of amides is 1. The molecule has 0 bridgehead atoms. The molecule has 0 aliphatic rings. The maximum atomic E-state index is 13.0. The van der Waals surface area contributed by atoms with E-state index in [1.807, 2.05) is 30.3 Å². The first kappa shape index (κ1) is 17.4. The maximum absolute atomic E-state index is 13.0. The lowest BCUT2D eigenvalue weighted by molar-refractivity contribution is 0.102. The largest absolute Gasteiger partial charge is 0.383 e. The molecule has 136 valence electrons. The summed E-state index contributed by atoms with van der Waals surface area (Å²) in [6.45, 7) is 0.763. The fourth-order valence-electron chi connectivity index (χ4n) is 2.97. The Morgan fingerprint density at radius 1 is 1.15 bits per heavy atom. The number of aromatic nitrogens is 2. The van der Waals surface area contributed by atoms with Gasteiger partial charge < -0.3 is 9.30 Å². The van der Waals surface area contributed by atoms with E-state index in [0.29, 0.717) is 34.6 Å². The number of hydrogen-bond acceptors (Lipinski definition) is 5. The third-order valence-corrected chi connectivity index (χ3v) is 5.24. The van der Waals surface area contributed by atoms with Gasteiger partial charge in [0.1, 0.15) is 0 Å². The summed E-state index contributed by atoms with van der Waals surface area (Å²) in [5.41, 5.74) is 1.13. The summed E-state index contributed by atoms with van der Waals surface area (Å²) in [6, 6.07) is 14.8. The number of nitrogens with zero attached hydrogens (tertiary/aromatic N) is 2. The van der Waals surface area contributed by atoms with Crippen LogP contribution in [-0.4, -0.2) is 29.2 Å². The van der Waals surface area contributed by atoms with E-state index >= 15 is 0 Å². The first-order valence-electron chi connectivity index (χ1n) is 8.45. The minimum Gasteiger partial charge on any atom is -0.383 e. The molecule has 2 heterocycles. The average molecular weight is 379 g/mol. The fourth-order valence-corrected chi connectivity index (χ4v) is 3.83. The molecule has 27 heavy (non-hydrogen) atoms. The van der Waals surface area contributed by atoms with Gasteiger partial charge in [-0.25, -0.2) is 4.98 Å². The van der Waals surface area contributed by atoms with Gasteiger partial charge in [0.2, 0.25) is 0 Å². The second-order valence-corrected chi connectivity index (χ2v) is 7.05. The minimum atomic E-state index is -0.295. The summed E-state index contributed by atoms with van der Waals surface area (Å²) in [6.07, 6.45) is 1.59. The average Bonchev–Trinajstić information content (AvgIpc) is 3.09.